The van der Waals surface area contributed by atoms with Crippen molar-refractivity contribution in [1.82, 2.24) is 14.8 Å². The number of anilines is 1. The summed E-state index contributed by atoms with van der Waals surface area (Å²) in [5, 5.41) is 12.2. The molecule has 0 aliphatic rings. The maximum absolute atomic E-state index is 12.7. The third-order valence-corrected chi connectivity index (χ3v) is 6.47. The molecule has 0 saturated heterocycles. The van der Waals surface area contributed by atoms with Gasteiger partial charge in [-0.05, 0) is 54.1 Å². The first-order valence-corrected chi connectivity index (χ1v) is 13.1. The molecule has 0 bridgehead atoms. The van der Waals surface area contributed by atoms with Crippen molar-refractivity contribution in [2.24, 2.45) is 0 Å². The van der Waals surface area contributed by atoms with Crippen LogP contribution in [0.4, 0.5) is 5.69 Å². The van der Waals surface area contributed by atoms with Crippen molar-refractivity contribution in [3.63, 3.8) is 0 Å². The van der Waals surface area contributed by atoms with Crippen LogP contribution in [0.5, 0.6) is 11.5 Å². The number of rotatable bonds is 11. The van der Waals surface area contributed by atoms with Crippen molar-refractivity contribution in [3.8, 4) is 17.2 Å². The number of nitrogens with one attached hydrogen (secondary N) is 1. The highest BCUT2D eigenvalue weighted by Gasteiger charge is 2.16. The van der Waals surface area contributed by atoms with E-state index in [-0.39, 0.29) is 18.3 Å². The molecule has 190 valence electrons. The Labute approximate surface area is 225 Å². The SMILES string of the molecule is O=C(CSc1nnc(COc2ccccc2)n1-c1ccccc1)Nc1ccc(OCc2ccccc2)cc1. The quantitative estimate of drug-likeness (QED) is 0.210. The molecule has 38 heavy (non-hydrogen) atoms. The van der Waals surface area contributed by atoms with Crippen molar-refractivity contribution in [2.45, 2.75) is 18.4 Å². The minimum Gasteiger partial charge on any atom is -0.489 e. The summed E-state index contributed by atoms with van der Waals surface area (Å²) in [5.74, 6) is 2.17. The molecule has 1 heterocycles. The van der Waals surface area contributed by atoms with Gasteiger partial charge in [0, 0.05) is 11.4 Å². The lowest BCUT2D eigenvalue weighted by atomic mass is 10.2. The summed E-state index contributed by atoms with van der Waals surface area (Å²) in [6.07, 6.45) is 0. The number of thioether (sulfide) groups is 1. The van der Waals surface area contributed by atoms with E-state index in [0.29, 0.717) is 23.3 Å². The van der Waals surface area contributed by atoms with Crippen molar-refractivity contribution in [1.29, 1.82) is 0 Å². The summed E-state index contributed by atoms with van der Waals surface area (Å²) in [5.41, 5.74) is 2.70. The van der Waals surface area contributed by atoms with Gasteiger partial charge in [0.2, 0.25) is 5.91 Å². The molecule has 0 aliphatic heterocycles. The van der Waals surface area contributed by atoms with Crippen molar-refractivity contribution in [2.75, 3.05) is 11.1 Å². The molecule has 0 spiro atoms. The molecule has 0 radical (unpaired) electrons. The van der Waals surface area contributed by atoms with E-state index < -0.39 is 0 Å². The summed E-state index contributed by atoms with van der Waals surface area (Å²) < 4.78 is 13.6. The minimum absolute atomic E-state index is 0.141. The van der Waals surface area contributed by atoms with Gasteiger partial charge in [-0.2, -0.15) is 0 Å². The molecular formula is C30H26N4O3S. The van der Waals surface area contributed by atoms with Crippen LogP contribution < -0.4 is 14.8 Å². The number of carbonyl (C=O) groups excluding carboxylic acids is 1. The Hall–Kier alpha value is -4.56. The van der Waals surface area contributed by atoms with Gasteiger partial charge >= 0.3 is 0 Å². The molecular weight excluding hydrogens is 496 g/mol. The van der Waals surface area contributed by atoms with Gasteiger partial charge in [0.15, 0.2) is 11.0 Å². The molecule has 8 heteroatoms. The Balaban J connectivity index is 1.19. The molecule has 7 nitrogen and oxygen atoms in total. The summed E-state index contributed by atoms with van der Waals surface area (Å²) in [7, 11) is 0. The Morgan fingerprint density at radius 1 is 0.711 bits per heavy atom. The average Bonchev–Trinajstić information content (AvgIpc) is 3.39. The third-order valence-electron chi connectivity index (χ3n) is 5.54. The number of hydrogen-bond donors (Lipinski definition) is 1. The number of amides is 1. The number of carbonyl (C=O) groups is 1. The highest BCUT2D eigenvalue weighted by Crippen LogP contribution is 2.24. The van der Waals surface area contributed by atoms with E-state index in [0.717, 1.165) is 22.7 Å². The smallest absolute Gasteiger partial charge is 0.234 e. The lowest BCUT2D eigenvalue weighted by molar-refractivity contribution is -0.113. The summed E-state index contributed by atoms with van der Waals surface area (Å²) in [6.45, 7) is 0.737. The predicted octanol–water partition coefficient (Wildman–Crippen LogP) is 6.16. The zero-order chi connectivity index (χ0) is 26.0. The summed E-state index contributed by atoms with van der Waals surface area (Å²) in [4.78, 5) is 12.7. The Bertz CT molecular complexity index is 1440. The fourth-order valence-electron chi connectivity index (χ4n) is 3.69. The first-order valence-electron chi connectivity index (χ1n) is 12.1. The van der Waals surface area contributed by atoms with Crippen molar-refractivity contribution in [3.05, 3.63) is 127 Å². The number of aromatic nitrogens is 3. The molecule has 1 aromatic heterocycles. The second-order valence-corrected chi connectivity index (χ2v) is 9.25. The van der Waals surface area contributed by atoms with Crippen LogP contribution in [-0.4, -0.2) is 26.4 Å². The molecule has 4 aromatic carbocycles. The Morgan fingerprint density at radius 2 is 1.32 bits per heavy atom. The van der Waals surface area contributed by atoms with Gasteiger partial charge in [0.05, 0.1) is 5.75 Å². The third kappa shape index (κ3) is 6.80. The van der Waals surface area contributed by atoms with Crippen LogP contribution >= 0.6 is 11.8 Å². The molecule has 1 N–H and O–H groups in total. The largest absolute Gasteiger partial charge is 0.489 e. The van der Waals surface area contributed by atoms with Gasteiger partial charge in [-0.1, -0.05) is 78.5 Å². The number of nitrogens with zero attached hydrogens (tertiary/aromatic N) is 3. The molecule has 0 fully saturated rings. The molecule has 1 amide bonds. The lowest BCUT2D eigenvalue weighted by Crippen LogP contribution is -2.14. The van der Waals surface area contributed by atoms with Gasteiger partial charge in [0.1, 0.15) is 24.7 Å². The fourth-order valence-corrected chi connectivity index (χ4v) is 4.46. The van der Waals surface area contributed by atoms with Gasteiger partial charge in [0.25, 0.3) is 0 Å². The first kappa shape index (κ1) is 25.1. The number of para-hydroxylation sites is 2. The fraction of sp³-hybridized carbons (Fsp3) is 0.100. The van der Waals surface area contributed by atoms with Crippen molar-refractivity contribution < 1.29 is 14.3 Å². The maximum Gasteiger partial charge on any atom is 0.234 e. The maximum atomic E-state index is 12.7. The average molecular weight is 523 g/mol. The minimum atomic E-state index is -0.141. The number of hydrogen-bond acceptors (Lipinski definition) is 6. The van der Waals surface area contributed by atoms with E-state index in [9.17, 15) is 4.79 Å². The summed E-state index contributed by atoms with van der Waals surface area (Å²) in [6, 6.07) is 36.7. The van der Waals surface area contributed by atoms with Crippen LogP contribution in [0, 0.1) is 0 Å². The second-order valence-electron chi connectivity index (χ2n) is 8.31. The van der Waals surface area contributed by atoms with Gasteiger partial charge in [-0.3, -0.25) is 9.36 Å². The van der Waals surface area contributed by atoms with Crippen LogP contribution in [0.25, 0.3) is 5.69 Å². The monoisotopic (exact) mass is 522 g/mol. The van der Waals surface area contributed by atoms with Crippen LogP contribution in [0.15, 0.2) is 120 Å². The van der Waals surface area contributed by atoms with E-state index in [1.807, 2.05) is 120 Å². The highest BCUT2D eigenvalue weighted by molar-refractivity contribution is 7.99. The Morgan fingerprint density at radius 3 is 2.03 bits per heavy atom. The van der Waals surface area contributed by atoms with Crippen molar-refractivity contribution >= 4 is 23.4 Å². The van der Waals surface area contributed by atoms with Crippen LogP contribution in [0.1, 0.15) is 11.4 Å². The summed E-state index contributed by atoms with van der Waals surface area (Å²) >= 11 is 1.32. The predicted molar refractivity (Wildman–Crippen MR) is 149 cm³/mol. The number of ether oxygens (including phenoxy) is 2. The topological polar surface area (TPSA) is 78.3 Å². The molecule has 5 aromatic rings. The van der Waals surface area contributed by atoms with Gasteiger partial charge in [-0.15, -0.1) is 10.2 Å². The van der Waals surface area contributed by atoms with Crippen LogP contribution in [0.3, 0.4) is 0 Å². The molecule has 0 saturated carbocycles. The molecule has 0 aliphatic carbocycles. The number of benzene rings is 4. The second kappa shape index (κ2) is 12.6. The Kier molecular flexibility index (Phi) is 8.33. The standard InChI is InChI=1S/C30H26N4O3S/c35-29(31-24-16-18-27(19-17-24)36-20-23-10-4-1-5-11-23)22-38-30-33-32-28(21-37-26-14-8-3-9-15-26)34(30)25-12-6-2-7-13-25/h1-19H,20-22H2,(H,31,35). The van der Waals surface area contributed by atoms with Crippen LogP contribution in [-0.2, 0) is 18.0 Å². The van der Waals surface area contributed by atoms with Gasteiger partial charge < -0.3 is 14.8 Å². The first-order chi connectivity index (χ1) is 18.7. The van der Waals surface area contributed by atoms with E-state index >= 15 is 0 Å². The van der Waals surface area contributed by atoms with E-state index in [4.69, 9.17) is 9.47 Å². The van der Waals surface area contributed by atoms with Crippen LogP contribution in [0.2, 0.25) is 0 Å². The lowest BCUT2D eigenvalue weighted by Gasteiger charge is -2.11. The molecule has 5 rings (SSSR count). The zero-order valence-electron chi connectivity index (χ0n) is 20.6. The normalized spacial score (nSPS) is 10.6. The van der Waals surface area contributed by atoms with E-state index in [1.165, 1.54) is 11.8 Å². The molecule has 0 atom stereocenters. The van der Waals surface area contributed by atoms with E-state index in [2.05, 4.69) is 15.5 Å². The highest BCUT2D eigenvalue weighted by atomic mass is 32.2. The van der Waals surface area contributed by atoms with Gasteiger partial charge in [-0.25, -0.2) is 0 Å². The molecule has 0 unspecified atom stereocenters. The van der Waals surface area contributed by atoms with E-state index in [1.54, 1.807) is 0 Å². The zero-order valence-corrected chi connectivity index (χ0v) is 21.4.